The van der Waals surface area contributed by atoms with E-state index in [-0.39, 0.29) is 52.7 Å². The highest BCUT2D eigenvalue weighted by molar-refractivity contribution is 8.00. The Morgan fingerprint density at radius 1 is 1.27 bits per heavy atom. The number of hydrogen-bond donors (Lipinski definition) is 2. The number of alkyl halides is 4. The largest absolute Gasteiger partial charge is 0.447 e. The van der Waals surface area contributed by atoms with E-state index in [0.29, 0.717) is 29.7 Å². The van der Waals surface area contributed by atoms with Crippen molar-refractivity contribution in [1.29, 1.82) is 0 Å². The summed E-state index contributed by atoms with van der Waals surface area (Å²) in [7, 11) is 1.84. The predicted molar refractivity (Wildman–Crippen MR) is 145 cm³/mol. The number of hydrogen-bond acceptors (Lipinski definition) is 8. The molecule has 0 bridgehead atoms. The minimum Gasteiger partial charge on any atom is -0.378 e. The van der Waals surface area contributed by atoms with Crippen LogP contribution in [0.3, 0.4) is 0 Å². The van der Waals surface area contributed by atoms with Crippen molar-refractivity contribution in [3.05, 3.63) is 48.2 Å². The lowest BCUT2D eigenvalue weighted by molar-refractivity contribution is -0.0329. The van der Waals surface area contributed by atoms with Crippen molar-refractivity contribution in [2.75, 3.05) is 25.5 Å². The zero-order valence-corrected chi connectivity index (χ0v) is 23.7. The Bertz CT molecular complexity index is 1540. The lowest BCUT2D eigenvalue weighted by atomic mass is 10.0. The molecule has 1 saturated heterocycles. The van der Waals surface area contributed by atoms with E-state index < -0.39 is 23.6 Å². The fourth-order valence-electron chi connectivity index (χ4n) is 4.59. The molecule has 0 aromatic carbocycles. The quantitative estimate of drug-likeness (QED) is 0.229. The second-order valence-electron chi connectivity index (χ2n) is 10.9. The molecule has 15 heteroatoms. The Hall–Kier alpha value is -3.59. The number of halogens is 4. The summed E-state index contributed by atoms with van der Waals surface area (Å²) in [6, 6.07) is 4.34. The van der Waals surface area contributed by atoms with E-state index in [4.69, 9.17) is 4.52 Å². The number of fused-ring (bicyclic) bond motifs is 1. The number of nitrogens with zero attached hydrogens (tertiary/aromatic N) is 6. The molecule has 1 amide bonds. The molecule has 0 radical (unpaired) electrons. The van der Waals surface area contributed by atoms with Crippen LogP contribution in [0.5, 0.6) is 0 Å². The molecule has 10 nitrogen and oxygen atoms in total. The maximum Gasteiger partial charge on any atom is 0.447 e. The van der Waals surface area contributed by atoms with Gasteiger partial charge in [0.15, 0.2) is 0 Å². The number of carbonyl (C=O) groups is 1. The van der Waals surface area contributed by atoms with Gasteiger partial charge in [0, 0.05) is 37.2 Å². The van der Waals surface area contributed by atoms with E-state index in [1.807, 2.05) is 32.7 Å². The molecule has 2 N–H and O–H groups in total. The van der Waals surface area contributed by atoms with E-state index >= 15 is 0 Å². The molecule has 0 spiro atoms. The monoisotopic (exact) mass is 594 g/mol. The first-order chi connectivity index (χ1) is 19.3. The van der Waals surface area contributed by atoms with Crippen LogP contribution in [0.1, 0.15) is 43.4 Å². The number of pyridine rings is 1. The molecule has 4 aromatic heterocycles. The number of thioether (sulfide) groups is 1. The predicted octanol–water partition coefficient (Wildman–Crippen LogP) is 4.94. The highest BCUT2D eigenvalue weighted by Crippen LogP contribution is 2.44. The lowest BCUT2D eigenvalue weighted by Gasteiger charge is -2.33. The average Bonchev–Trinajstić information content (AvgIpc) is 3.63. The molecular formula is C26H30F4N8O2S. The Kier molecular flexibility index (Phi) is 7.76. The maximum atomic E-state index is 14.7. The smallest absolute Gasteiger partial charge is 0.378 e. The second-order valence-corrected chi connectivity index (χ2v) is 12.0. The number of rotatable bonds is 7. The van der Waals surface area contributed by atoms with Crippen LogP contribution in [0.4, 0.5) is 23.2 Å². The van der Waals surface area contributed by atoms with Crippen molar-refractivity contribution >= 4 is 28.9 Å². The first-order valence-electron chi connectivity index (χ1n) is 12.9. The van der Waals surface area contributed by atoms with Gasteiger partial charge < -0.3 is 24.5 Å². The van der Waals surface area contributed by atoms with Gasteiger partial charge in [0.2, 0.25) is 11.7 Å². The molecule has 220 valence electrons. The summed E-state index contributed by atoms with van der Waals surface area (Å²) >= 11 is -0.303. The average molecular weight is 595 g/mol. The van der Waals surface area contributed by atoms with Gasteiger partial charge in [0.05, 0.1) is 51.7 Å². The Morgan fingerprint density at radius 2 is 2.05 bits per heavy atom. The summed E-state index contributed by atoms with van der Waals surface area (Å²) in [4.78, 5) is 18.7. The number of piperidine rings is 1. The summed E-state index contributed by atoms with van der Waals surface area (Å²) in [5.41, 5.74) is -3.56. The molecule has 1 aliphatic heterocycles. The number of likely N-dealkylation sites (tertiary alicyclic amines) is 1. The van der Waals surface area contributed by atoms with Gasteiger partial charge in [-0.2, -0.15) is 23.3 Å². The zero-order chi connectivity index (χ0) is 29.5. The summed E-state index contributed by atoms with van der Waals surface area (Å²) in [5, 5.41) is 13.8. The third-order valence-electron chi connectivity index (χ3n) is 6.70. The van der Waals surface area contributed by atoms with Crippen molar-refractivity contribution in [3.63, 3.8) is 0 Å². The number of aromatic nitrogens is 5. The van der Waals surface area contributed by atoms with Gasteiger partial charge in [-0.15, -0.1) is 0 Å². The standard InChI is InChI=1S/C26H30F4N8O2S/c1-25(2,3)38-13-15(11-32-38)23(39)31-12-21-34-22(35-40-21)16-10-20-19(33-18-7-9-36(4)14-17(18)27)6-5-8-37(20)24(16)41-26(28,29)30/h5-6,8,10-11,13,17-18,33H,7,9,12,14H2,1-4H3,(H,31,39)/t17-,18+/m0/s1. The molecule has 4 aromatic rings. The van der Waals surface area contributed by atoms with Gasteiger partial charge in [-0.3, -0.25) is 9.48 Å². The van der Waals surface area contributed by atoms with Crippen molar-refractivity contribution in [1.82, 2.24) is 34.5 Å². The number of anilines is 1. The fraction of sp³-hybridized carbons (Fsp3) is 0.462. The maximum absolute atomic E-state index is 14.7. The van der Waals surface area contributed by atoms with Gasteiger partial charge in [0.1, 0.15) is 6.17 Å². The van der Waals surface area contributed by atoms with Crippen LogP contribution < -0.4 is 10.6 Å². The molecule has 0 saturated carbocycles. The molecule has 5 heterocycles. The highest BCUT2D eigenvalue weighted by Gasteiger charge is 2.34. The molecule has 41 heavy (non-hydrogen) atoms. The van der Waals surface area contributed by atoms with Crippen molar-refractivity contribution in [2.24, 2.45) is 0 Å². The third-order valence-corrected chi connectivity index (χ3v) is 7.54. The van der Waals surface area contributed by atoms with Crippen LogP contribution in [0, 0.1) is 0 Å². The van der Waals surface area contributed by atoms with Gasteiger partial charge in [0.25, 0.3) is 5.91 Å². The van der Waals surface area contributed by atoms with E-state index in [2.05, 4.69) is 25.9 Å². The van der Waals surface area contributed by atoms with E-state index in [1.54, 1.807) is 23.0 Å². The summed E-state index contributed by atoms with van der Waals surface area (Å²) < 4.78 is 63.9. The van der Waals surface area contributed by atoms with Crippen LogP contribution in [0.25, 0.3) is 16.9 Å². The molecule has 0 unspecified atom stereocenters. The Labute approximate surface area is 237 Å². The fourth-order valence-corrected chi connectivity index (χ4v) is 5.33. The van der Waals surface area contributed by atoms with Crippen LogP contribution in [0.15, 0.2) is 46.3 Å². The summed E-state index contributed by atoms with van der Waals surface area (Å²) in [6.45, 7) is 6.67. The van der Waals surface area contributed by atoms with Crippen LogP contribution in [-0.4, -0.2) is 73.0 Å². The van der Waals surface area contributed by atoms with Crippen molar-refractivity contribution in [3.8, 4) is 11.4 Å². The molecule has 2 atom stereocenters. The van der Waals surface area contributed by atoms with Gasteiger partial charge >= 0.3 is 5.51 Å². The SMILES string of the molecule is CN1CC[C@@H](Nc2cccn3c(SC(F)(F)F)c(-c4noc(CNC(=O)c5cnn(C(C)(C)C)c5)n4)cc23)[C@@H](F)C1. The number of amides is 1. The lowest BCUT2D eigenvalue weighted by Crippen LogP contribution is -2.46. The van der Waals surface area contributed by atoms with E-state index in [0.717, 1.165) is 0 Å². The summed E-state index contributed by atoms with van der Waals surface area (Å²) in [6.07, 6.45) is 3.97. The second kappa shape index (κ2) is 11.0. The number of carbonyl (C=O) groups excluding carboxylic acids is 1. The molecule has 0 aliphatic carbocycles. The molecule has 1 aliphatic rings. The van der Waals surface area contributed by atoms with Crippen LogP contribution in [0.2, 0.25) is 0 Å². The van der Waals surface area contributed by atoms with Crippen molar-refractivity contribution in [2.45, 2.75) is 62.0 Å². The van der Waals surface area contributed by atoms with E-state index in [1.165, 1.54) is 22.9 Å². The highest BCUT2D eigenvalue weighted by atomic mass is 32.2. The van der Waals surface area contributed by atoms with Gasteiger partial charge in [-0.25, -0.2) is 4.39 Å². The molecule has 1 fully saturated rings. The first-order valence-corrected chi connectivity index (χ1v) is 13.8. The van der Waals surface area contributed by atoms with E-state index in [9.17, 15) is 22.4 Å². The van der Waals surface area contributed by atoms with Crippen molar-refractivity contribution < 1.29 is 26.9 Å². The molecular weight excluding hydrogens is 564 g/mol. The topological polar surface area (TPSA) is 106 Å². The Balaban J connectivity index is 1.40. The normalized spacial score (nSPS) is 18.6. The van der Waals surface area contributed by atoms with Gasteiger partial charge in [-0.1, -0.05) is 5.16 Å². The minimum absolute atomic E-state index is 0.0136. The minimum atomic E-state index is -4.59. The first kappa shape index (κ1) is 28.9. The third kappa shape index (κ3) is 6.50. The zero-order valence-electron chi connectivity index (χ0n) is 22.9. The molecule has 5 rings (SSSR count). The van der Waals surface area contributed by atoms with Crippen LogP contribution in [-0.2, 0) is 12.1 Å². The van der Waals surface area contributed by atoms with Gasteiger partial charge in [-0.05, 0) is 52.4 Å². The summed E-state index contributed by atoms with van der Waals surface area (Å²) in [5.74, 6) is -0.474. The Morgan fingerprint density at radius 3 is 2.73 bits per heavy atom. The van der Waals surface area contributed by atoms with Crippen LogP contribution >= 0.6 is 11.8 Å². The number of nitrogens with one attached hydrogen (secondary N) is 2.